The average Bonchev–Trinajstić information content (AvgIpc) is 2.82. The van der Waals surface area contributed by atoms with Crippen LogP contribution in [0.1, 0.15) is 31.2 Å². The Kier molecular flexibility index (Phi) is 4.73. The van der Waals surface area contributed by atoms with Gasteiger partial charge in [0, 0.05) is 18.7 Å². The Hall–Kier alpha value is -0.480. The molecule has 1 fully saturated rings. The third-order valence-electron chi connectivity index (χ3n) is 3.61. The van der Waals surface area contributed by atoms with E-state index in [0.29, 0.717) is 16.9 Å². The van der Waals surface area contributed by atoms with E-state index in [1.165, 1.54) is 37.8 Å². The van der Waals surface area contributed by atoms with Crippen LogP contribution in [-0.2, 0) is 6.54 Å². The van der Waals surface area contributed by atoms with Crippen LogP contribution < -0.4 is 0 Å². The Balaban J connectivity index is 2.01. The van der Waals surface area contributed by atoms with Crippen molar-refractivity contribution in [3.63, 3.8) is 0 Å². The first-order chi connectivity index (χ1) is 8.58. The van der Waals surface area contributed by atoms with Gasteiger partial charge in [-0.1, -0.05) is 12.8 Å². The fraction of sp³-hybridized carbons (Fsp3) is 0.571. The predicted octanol–water partition coefficient (Wildman–Crippen LogP) is 4.35. The van der Waals surface area contributed by atoms with E-state index in [-0.39, 0.29) is 5.56 Å². The van der Waals surface area contributed by atoms with E-state index in [0.717, 1.165) is 6.54 Å². The van der Waals surface area contributed by atoms with Gasteiger partial charge in [-0.3, -0.25) is 0 Å². The van der Waals surface area contributed by atoms with E-state index >= 15 is 0 Å². The number of halogens is 3. The van der Waals surface area contributed by atoms with E-state index in [1.54, 1.807) is 0 Å². The summed E-state index contributed by atoms with van der Waals surface area (Å²) in [4.78, 5) is 2.02. The lowest BCUT2D eigenvalue weighted by atomic mass is 10.1. The molecule has 0 N–H and O–H groups in total. The van der Waals surface area contributed by atoms with E-state index in [1.807, 2.05) is 11.9 Å². The zero-order chi connectivity index (χ0) is 13.1. The Bertz CT molecular complexity index is 417. The minimum absolute atomic E-state index is 0.157. The van der Waals surface area contributed by atoms with Gasteiger partial charge in [-0.2, -0.15) is 0 Å². The van der Waals surface area contributed by atoms with Crippen LogP contribution in [0, 0.1) is 17.6 Å². The van der Waals surface area contributed by atoms with Gasteiger partial charge in [0.2, 0.25) is 0 Å². The van der Waals surface area contributed by atoms with Crippen molar-refractivity contribution in [1.29, 1.82) is 0 Å². The number of hydrogen-bond donors (Lipinski definition) is 0. The molecular weight excluding hydrogens is 300 g/mol. The van der Waals surface area contributed by atoms with Crippen LogP contribution in [0.4, 0.5) is 8.78 Å². The molecule has 1 aromatic carbocycles. The van der Waals surface area contributed by atoms with Gasteiger partial charge in [-0.25, -0.2) is 8.78 Å². The van der Waals surface area contributed by atoms with Gasteiger partial charge in [0.25, 0.3) is 0 Å². The Morgan fingerprint density at radius 3 is 2.61 bits per heavy atom. The second-order valence-electron chi connectivity index (χ2n) is 5.17. The van der Waals surface area contributed by atoms with Gasteiger partial charge in [0.05, 0.1) is 4.47 Å². The summed E-state index contributed by atoms with van der Waals surface area (Å²) >= 11 is 3.10. The Morgan fingerprint density at radius 1 is 1.28 bits per heavy atom. The standard InChI is InChI=1S/C14H18BrF2N/c1-18(8-10-4-2-3-5-10)9-11-13(16)7-6-12(15)14(11)17/h6-7,10H,2-5,8-9H2,1H3. The second-order valence-corrected chi connectivity index (χ2v) is 6.02. The van der Waals surface area contributed by atoms with Crippen LogP contribution in [0.15, 0.2) is 16.6 Å². The smallest absolute Gasteiger partial charge is 0.144 e. The van der Waals surface area contributed by atoms with Crippen LogP contribution >= 0.6 is 15.9 Å². The highest BCUT2D eigenvalue weighted by atomic mass is 79.9. The second kappa shape index (κ2) is 6.11. The Morgan fingerprint density at radius 2 is 1.94 bits per heavy atom. The average molecular weight is 318 g/mol. The molecule has 4 heteroatoms. The highest BCUT2D eigenvalue weighted by Gasteiger charge is 2.19. The summed E-state index contributed by atoms with van der Waals surface area (Å²) in [5, 5.41) is 0. The van der Waals surface area contributed by atoms with E-state index in [9.17, 15) is 8.78 Å². The van der Waals surface area contributed by atoms with Crippen molar-refractivity contribution >= 4 is 15.9 Å². The maximum absolute atomic E-state index is 13.8. The lowest BCUT2D eigenvalue weighted by molar-refractivity contribution is 0.264. The minimum Gasteiger partial charge on any atom is -0.302 e. The summed E-state index contributed by atoms with van der Waals surface area (Å²) < 4.78 is 27.8. The first-order valence-electron chi connectivity index (χ1n) is 6.39. The third kappa shape index (κ3) is 3.29. The van der Waals surface area contributed by atoms with E-state index in [4.69, 9.17) is 0 Å². The summed E-state index contributed by atoms with van der Waals surface area (Å²) in [5.74, 6) is -0.254. The van der Waals surface area contributed by atoms with Gasteiger partial charge in [-0.15, -0.1) is 0 Å². The molecule has 1 aliphatic carbocycles. The molecule has 0 saturated heterocycles. The van der Waals surface area contributed by atoms with Crippen molar-refractivity contribution in [3.05, 3.63) is 33.8 Å². The van der Waals surface area contributed by atoms with Crippen molar-refractivity contribution in [2.75, 3.05) is 13.6 Å². The quantitative estimate of drug-likeness (QED) is 0.746. The van der Waals surface area contributed by atoms with Gasteiger partial charge in [0.15, 0.2) is 0 Å². The zero-order valence-corrected chi connectivity index (χ0v) is 12.1. The molecule has 0 bridgehead atoms. The predicted molar refractivity (Wildman–Crippen MR) is 72.4 cm³/mol. The summed E-state index contributed by atoms with van der Waals surface area (Å²) in [5.41, 5.74) is 0.157. The van der Waals surface area contributed by atoms with Crippen LogP contribution in [0.5, 0.6) is 0 Å². The number of rotatable bonds is 4. The van der Waals surface area contributed by atoms with Crippen LogP contribution in [0.3, 0.4) is 0 Å². The van der Waals surface area contributed by atoms with E-state index in [2.05, 4.69) is 15.9 Å². The summed E-state index contributed by atoms with van der Waals surface area (Å²) in [7, 11) is 1.93. The molecule has 1 saturated carbocycles. The summed E-state index contributed by atoms with van der Waals surface area (Å²) in [6.45, 7) is 1.25. The largest absolute Gasteiger partial charge is 0.302 e. The minimum atomic E-state index is -0.478. The van der Waals surface area contributed by atoms with Crippen molar-refractivity contribution in [3.8, 4) is 0 Å². The van der Waals surface area contributed by atoms with Crippen molar-refractivity contribution in [2.45, 2.75) is 32.2 Å². The zero-order valence-electron chi connectivity index (χ0n) is 10.6. The third-order valence-corrected chi connectivity index (χ3v) is 4.22. The summed E-state index contributed by atoms with van der Waals surface area (Å²) in [6.07, 6.45) is 5.07. The molecule has 1 aliphatic rings. The van der Waals surface area contributed by atoms with Crippen molar-refractivity contribution in [2.24, 2.45) is 5.92 Å². The van der Waals surface area contributed by atoms with E-state index < -0.39 is 11.6 Å². The highest BCUT2D eigenvalue weighted by Crippen LogP contribution is 2.27. The summed E-state index contributed by atoms with van der Waals surface area (Å²) in [6, 6.07) is 2.72. The molecule has 1 nitrogen and oxygen atoms in total. The molecule has 0 heterocycles. The molecule has 18 heavy (non-hydrogen) atoms. The van der Waals surface area contributed by atoms with Crippen molar-refractivity contribution < 1.29 is 8.78 Å². The first-order valence-corrected chi connectivity index (χ1v) is 7.18. The molecule has 0 aliphatic heterocycles. The van der Waals surface area contributed by atoms with Crippen molar-refractivity contribution in [1.82, 2.24) is 4.90 Å². The number of benzene rings is 1. The van der Waals surface area contributed by atoms with Crippen LogP contribution in [0.25, 0.3) is 0 Å². The fourth-order valence-electron chi connectivity index (χ4n) is 2.68. The van der Waals surface area contributed by atoms with Crippen LogP contribution in [0.2, 0.25) is 0 Å². The first kappa shape index (κ1) is 13.9. The maximum Gasteiger partial charge on any atom is 0.144 e. The number of nitrogens with zero attached hydrogens (tertiary/aromatic N) is 1. The topological polar surface area (TPSA) is 3.24 Å². The Labute approximate surface area is 115 Å². The fourth-order valence-corrected chi connectivity index (χ4v) is 3.05. The monoisotopic (exact) mass is 317 g/mol. The molecule has 0 radical (unpaired) electrons. The molecule has 100 valence electrons. The SMILES string of the molecule is CN(Cc1c(F)ccc(Br)c1F)CC1CCCC1. The lowest BCUT2D eigenvalue weighted by Gasteiger charge is -2.21. The molecule has 0 aromatic heterocycles. The van der Waals surface area contributed by atoms with Gasteiger partial charge < -0.3 is 4.90 Å². The van der Waals surface area contributed by atoms with Gasteiger partial charge >= 0.3 is 0 Å². The van der Waals surface area contributed by atoms with Gasteiger partial charge in [-0.05, 0) is 53.9 Å². The molecule has 0 unspecified atom stereocenters. The molecule has 0 atom stereocenters. The lowest BCUT2D eigenvalue weighted by Crippen LogP contribution is -2.25. The molecule has 2 rings (SSSR count). The maximum atomic E-state index is 13.8. The molecule has 0 amide bonds. The normalized spacial score (nSPS) is 16.7. The highest BCUT2D eigenvalue weighted by molar-refractivity contribution is 9.10. The van der Waals surface area contributed by atoms with Gasteiger partial charge in [0.1, 0.15) is 11.6 Å². The number of hydrogen-bond acceptors (Lipinski definition) is 1. The molecular formula is C14H18BrF2N. The molecule has 0 spiro atoms. The van der Waals surface area contributed by atoms with Crippen LogP contribution in [-0.4, -0.2) is 18.5 Å². The molecule has 1 aromatic rings.